The maximum atomic E-state index is 13.0. The molecule has 3 rings (SSSR count). The molecule has 2 amide bonds. The lowest BCUT2D eigenvalue weighted by atomic mass is 10.1. The van der Waals surface area contributed by atoms with E-state index < -0.39 is 17.6 Å². The van der Waals surface area contributed by atoms with Gasteiger partial charge in [-0.1, -0.05) is 18.2 Å². The number of carbonyl (C=O) groups is 2. The topological polar surface area (TPSA) is 61.4 Å². The molecule has 0 aliphatic heterocycles. The maximum Gasteiger partial charge on any atom is 0.416 e. The van der Waals surface area contributed by atoms with Crippen molar-refractivity contribution in [1.82, 2.24) is 4.90 Å². The van der Waals surface area contributed by atoms with Crippen LogP contribution in [0.2, 0.25) is 0 Å². The summed E-state index contributed by atoms with van der Waals surface area (Å²) < 4.78 is 38.9. The van der Waals surface area contributed by atoms with Gasteiger partial charge in [0.2, 0.25) is 0 Å². The number of benzene rings is 3. The van der Waals surface area contributed by atoms with E-state index in [1.807, 2.05) is 0 Å². The molecule has 0 aromatic heterocycles. The molecule has 0 heterocycles. The van der Waals surface area contributed by atoms with Crippen LogP contribution in [0, 0.1) is 0 Å². The molecule has 31 heavy (non-hydrogen) atoms. The van der Waals surface area contributed by atoms with Gasteiger partial charge in [-0.15, -0.1) is 0 Å². The smallest absolute Gasteiger partial charge is 0.355 e. The first-order valence-electron chi connectivity index (χ1n) is 9.31. The van der Waals surface area contributed by atoms with Crippen LogP contribution >= 0.6 is 0 Å². The Bertz CT molecular complexity index is 1090. The number of nitrogens with zero attached hydrogens (tertiary/aromatic N) is 1. The molecule has 0 bridgehead atoms. The molecule has 8 heteroatoms. The average Bonchev–Trinajstić information content (AvgIpc) is 2.73. The quantitative estimate of drug-likeness (QED) is 0.573. The van der Waals surface area contributed by atoms with Gasteiger partial charge in [-0.2, -0.15) is 13.2 Å². The van der Waals surface area contributed by atoms with Crippen molar-refractivity contribution in [2.45, 2.75) is 6.18 Å². The van der Waals surface area contributed by atoms with Crippen molar-refractivity contribution < 1.29 is 22.8 Å². The molecule has 3 aromatic carbocycles. The van der Waals surface area contributed by atoms with Gasteiger partial charge in [0.05, 0.1) is 16.8 Å². The summed E-state index contributed by atoms with van der Waals surface area (Å²) in [6, 6.07) is 17.7. The van der Waals surface area contributed by atoms with E-state index in [4.69, 9.17) is 0 Å². The van der Waals surface area contributed by atoms with E-state index in [-0.39, 0.29) is 17.2 Å². The Morgan fingerprint density at radius 2 is 1.52 bits per heavy atom. The van der Waals surface area contributed by atoms with Crippen molar-refractivity contribution in [3.8, 4) is 0 Å². The Labute approximate surface area is 177 Å². The highest BCUT2D eigenvalue weighted by molar-refractivity contribution is 6.08. The average molecular weight is 427 g/mol. The van der Waals surface area contributed by atoms with Crippen molar-refractivity contribution in [3.05, 3.63) is 89.5 Å². The lowest BCUT2D eigenvalue weighted by Crippen LogP contribution is -2.21. The highest BCUT2D eigenvalue weighted by Gasteiger charge is 2.30. The summed E-state index contributed by atoms with van der Waals surface area (Å²) in [7, 11) is 3.29. The minimum absolute atomic E-state index is 0.159. The lowest BCUT2D eigenvalue weighted by molar-refractivity contribution is -0.137. The largest absolute Gasteiger partial charge is 0.416 e. The second kappa shape index (κ2) is 8.91. The molecule has 0 radical (unpaired) electrons. The van der Waals surface area contributed by atoms with E-state index in [1.165, 1.54) is 17.0 Å². The number of amides is 2. The molecule has 3 aromatic rings. The van der Waals surface area contributed by atoms with Crippen molar-refractivity contribution in [3.63, 3.8) is 0 Å². The fraction of sp³-hybridized carbons (Fsp3) is 0.130. The van der Waals surface area contributed by atoms with Gasteiger partial charge in [-0.3, -0.25) is 9.59 Å². The second-order valence-corrected chi connectivity index (χ2v) is 6.98. The Kier molecular flexibility index (Phi) is 6.29. The van der Waals surface area contributed by atoms with Crippen LogP contribution in [0.1, 0.15) is 26.3 Å². The zero-order valence-electron chi connectivity index (χ0n) is 16.8. The summed E-state index contributed by atoms with van der Waals surface area (Å²) in [5.41, 5.74) is 1.00. The van der Waals surface area contributed by atoms with Crippen molar-refractivity contribution >= 4 is 28.9 Å². The predicted molar refractivity (Wildman–Crippen MR) is 114 cm³/mol. The molecule has 5 nitrogen and oxygen atoms in total. The van der Waals surface area contributed by atoms with Gasteiger partial charge < -0.3 is 15.5 Å². The van der Waals surface area contributed by atoms with E-state index in [1.54, 1.807) is 62.6 Å². The number of anilines is 3. The van der Waals surface area contributed by atoms with Crippen LogP contribution in [0.15, 0.2) is 72.8 Å². The fourth-order valence-corrected chi connectivity index (χ4v) is 2.87. The van der Waals surface area contributed by atoms with Crippen LogP contribution < -0.4 is 10.6 Å². The molecule has 0 atom stereocenters. The van der Waals surface area contributed by atoms with Gasteiger partial charge in [-0.05, 0) is 54.6 Å². The minimum Gasteiger partial charge on any atom is -0.355 e. The third kappa shape index (κ3) is 5.42. The maximum absolute atomic E-state index is 13.0. The summed E-state index contributed by atoms with van der Waals surface area (Å²) in [5, 5.41) is 5.61. The van der Waals surface area contributed by atoms with Crippen LogP contribution in [0.5, 0.6) is 0 Å². The van der Waals surface area contributed by atoms with Gasteiger partial charge in [-0.25, -0.2) is 0 Å². The molecule has 160 valence electrons. The molecule has 2 N–H and O–H groups in total. The van der Waals surface area contributed by atoms with Crippen molar-refractivity contribution in [1.29, 1.82) is 0 Å². The molecule has 0 aliphatic carbocycles. The van der Waals surface area contributed by atoms with E-state index >= 15 is 0 Å². The molecular weight excluding hydrogens is 407 g/mol. The number of hydrogen-bond acceptors (Lipinski definition) is 3. The van der Waals surface area contributed by atoms with Gasteiger partial charge in [0.1, 0.15) is 0 Å². The number of halogens is 3. The Balaban J connectivity index is 1.79. The summed E-state index contributed by atoms with van der Waals surface area (Å²) in [5.74, 6) is -0.602. The van der Waals surface area contributed by atoms with Gasteiger partial charge >= 0.3 is 6.18 Å². The first kappa shape index (κ1) is 21.9. The second-order valence-electron chi connectivity index (χ2n) is 6.98. The van der Waals surface area contributed by atoms with Crippen LogP contribution in [0.25, 0.3) is 0 Å². The molecule has 0 saturated heterocycles. The number of carbonyl (C=O) groups excluding carboxylic acids is 2. The van der Waals surface area contributed by atoms with Crippen molar-refractivity contribution in [2.24, 2.45) is 0 Å². The SMILES string of the molecule is CN(C)C(=O)c1ccc(NC(=O)c2ccccc2Nc2cccc(C(F)(F)F)c2)cc1. The Morgan fingerprint density at radius 3 is 2.16 bits per heavy atom. The van der Waals surface area contributed by atoms with E-state index in [9.17, 15) is 22.8 Å². The third-order valence-electron chi connectivity index (χ3n) is 4.44. The molecule has 0 saturated carbocycles. The van der Waals surface area contributed by atoms with E-state index in [0.717, 1.165) is 12.1 Å². The summed E-state index contributed by atoms with van der Waals surface area (Å²) in [6.45, 7) is 0. The third-order valence-corrected chi connectivity index (χ3v) is 4.44. The predicted octanol–water partition coefficient (Wildman–Crippen LogP) is 5.40. The van der Waals surface area contributed by atoms with Crippen LogP contribution in [0.4, 0.5) is 30.2 Å². The standard InChI is InChI=1S/C23H20F3N3O2/c1-29(2)22(31)15-10-12-17(13-11-15)28-21(30)19-8-3-4-9-20(19)27-18-7-5-6-16(14-18)23(24,25)26/h3-14,27H,1-2H3,(H,28,30). The van der Waals surface area contributed by atoms with E-state index in [2.05, 4.69) is 10.6 Å². The number of alkyl halides is 3. The highest BCUT2D eigenvalue weighted by Crippen LogP contribution is 2.32. The molecule has 0 spiro atoms. The first-order chi connectivity index (χ1) is 14.6. The number of nitrogens with one attached hydrogen (secondary N) is 2. The van der Waals surface area contributed by atoms with Crippen molar-refractivity contribution in [2.75, 3.05) is 24.7 Å². The van der Waals surface area contributed by atoms with Crippen LogP contribution in [-0.4, -0.2) is 30.8 Å². The Morgan fingerprint density at radius 1 is 0.839 bits per heavy atom. The zero-order valence-corrected chi connectivity index (χ0v) is 16.8. The first-order valence-corrected chi connectivity index (χ1v) is 9.31. The lowest BCUT2D eigenvalue weighted by Gasteiger charge is -2.14. The summed E-state index contributed by atoms with van der Waals surface area (Å²) in [4.78, 5) is 26.2. The van der Waals surface area contributed by atoms with Gasteiger partial charge in [0.15, 0.2) is 0 Å². The summed E-state index contributed by atoms with van der Waals surface area (Å²) >= 11 is 0. The zero-order chi connectivity index (χ0) is 22.6. The van der Waals surface area contributed by atoms with Crippen LogP contribution in [0.3, 0.4) is 0 Å². The summed E-state index contributed by atoms with van der Waals surface area (Å²) in [6.07, 6.45) is -4.46. The van der Waals surface area contributed by atoms with E-state index in [0.29, 0.717) is 16.9 Å². The molecule has 0 unspecified atom stereocenters. The molecule has 0 fully saturated rings. The minimum atomic E-state index is -4.46. The Hall–Kier alpha value is -3.81. The highest BCUT2D eigenvalue weighted by atomic mass is 19.4. The number of para-hydroxylation sites is 1. The van der Waals surface area contributed by atoms with Crippen LogP contribution in [-0.2, 0) is 6.18 Å². The number of rotatable bonds is 5. The number of hydrogen-bond donors (Lipinski definition) is 2. The fourth-order valence-electron chi connectivity index (χ4n) is 2.87. The molecular formula is C23H20F3N3O2. The van der Waals surface area contributed by atoms with Gasteiger partial charge in [0, 0.05) is 31.0 Å². The molecule has 0 aliphatic rings. The normalized spacial score (nSPS) is 11.0. The van der Waals surface area contributed by atoms with Gasteiger partial charge in [0.25, 0.3) is 11.8 Å². The monoisotopic (exact) mass is 427 g/mol.